The number of carbonyl (C=O) groups excluding carboxylic acids is 1. The number of nitrogens with zero attached hydrogens (tertiary/aromatic N) is 1. The van der Waals surface area contributed by atoms with Gasteiger partial charge in [0.25, 0.3) is 5.91 Å². The fraction of sp³-hybridized carbons (Fsp3) is 0.0667. The van der Waals surface area contributed by atoms with Crippen LogP contribution in [-0.2, 0) is 4.79 Å². The van der Waals surface area contributed by atoms with E-state index in [1.165, 1.54) is 0 Å². The Labute approximate surface area is 110 Å². The van der Waals surface area contributed by atoms with Crippen molar-refractivity contribution in [1.82, 2.24) is 4.98 Å². The molecule has 4 heteroatoms. The van der Waals surface area contributed by atoms with Gasteiger partial charge in [-0.2, -0.15) is 0 Å². The minimum Gasteiger partial charge on any atom is -0.497 e. The van der Waals surface area contributed by atoms with Crippen LogP contribution in [0, 0.1) is 0 Å². The van der Waals surface area contributed by atoms with Gasteiger partial charge in [0.1, 0.15) is 5.75 Å². The van der Waals surface area contributed by atoms with Crippen molar-refractivity contribution < 1.29 is 9.53 Å². The van der Waals surface area contributed by atoms with Crippen LogP contribution in [0.15, 0.2) is 42.6 Å². The third-order valence-electron chi connectivity index (χ3n) is 2.99. The molecule has 0 aliphatic carbocycles. The number of amides is 1. The Balaban J connectivity index is 2.09. The van der Waals surface area contributed by atoms with Crippen molar-refractivity contribution in [2.75, 3.05) is 12.4 Å². The lowest BCUT2D eigenvalue weighted by Crippen LogP contribution is -2.03. The first-order valence-electron chi connectivity index (χ1n) is 5.90. The first kappa shape index (κ1) is 11.5. The number of pyridine rings is 1. The summed E-state index contributed by atoms with van der Waals surface area (Å²) in [5.74, 6) is 0.607. The zero-order chi connectivity index (χ0) is 13.2. The van der Waals surface area contributed by atoms with Gasteiger partial charge in [-0.1, -0.05) is 6.07 Å². The molecule has 1 aliphatic rings. The normalized spacial score (nSPS) is 15.2. The van der Waals surface area contributed by atoms with Gasteiger partial charge >= 0.3 is 0 Å². The van der Waals surface area contributed by atoms with Gasteiger partial charge in [-0.15, -0.1) is 0 Å². The van der Waals surface area contributed by atoms with E-state index >= 15 is 0 Å². The number of aromatic nitrogens is 1. The highest BCUT2D eigenvalue weighted by Gasteiger charge is 2.24. The van der Waals surface area contributed by atoms with Gasteiger partial charge in [-0.3, -0.25) is 9.78 Å². The number of rotatable bonds is 2. The Morgan fingerprint density at radius 2 is 2.16 bits per heavy atom. The summed E-state index contributed by atoms with van der Waals surface area (Å²) in [4.78, 5) is 16.2. The van der Waals surface area contributed by atoms with Crippen LogP contribution < -0.4 is 10.1 Å². The molecule has 1 aromatic heterocycles. The number of nitrogens with one attached hydrogen (secondary N) is 1. The zero-order valence-corrected chi connectivity index (χ0v) is 10.4. The first-order chi connectivity index (χ1) is 9.28. The summed E-state index contributed by atoms with van der Waals surface area (Å²) in [6.07, 6.45) is 3.48. The van der Waals surface area contributed by atoms with Crippen molar-refractivity contribution >= 4 is 23.2 Å². The first-order valence-corrected chi connectivity index (χ1v) is 5.90. The summed E-state index contributed by atoms with van der Waals surface area (Å²) in [6, 6.07) is 11.1. The fourth-order valence-electron chi connectivity index (χ4n) is 2.05. The average Bonchev–Trinajstić information content (AvgIpc) is 2.76. The number of benzene rings is 1. The van der Waals surface area contributed by atoms with E-state index in [0.29, 0.717) is 5.57 Å². The molecule has 1 amide bonds. The van der Waals surface area contributed by atoms with Crippen molar-refractivity contribution in [3.8, 4) is 5.75 Å². The fourth-order valence-corrected chi connectivity index (χ4v) is 2.05. The number of ether oxygens (including phenoxy) is 1. The predicted octanol–water partition coefficient (Wildman–Crippen LogP) is 2.58. The van der Waals surface area contributed by atoms with Crippen LogP contribution >= 0.6 is 0 Å². The van der Waals surface area contributed by atoms with Gasteiger partial charge in [0.15, 0.2) is 0 Å². The summed E-state index contributed by atoms with van der Waals surface area (Å²) in [7, 11) is 1.61. The van der Waals surface area contributed by atoms with Crippen LogP contribution in [0.1, 0.15) is 11.3 Å². The van der Waals surface area contributed by atoms with Crippen molar-refractivity contribution in [3.05, 3.63) is 53.9 Å². The lowest BCUT2D eigenvalue weighted by atomic mass is 10.1. The van der Waals surface area contributed by atoms with E-state index in [4.69, 9.17) is 4.74 Å². The molecule has 4 nitrogen and oxygen atoms in total. The highest BCUT2D eigenvalue weighted by atomic mass is 16.5. The molecule has 0 saturated heterocycles. The molecular weight excluding hydrogens is 240 g/mol. The summed E-state index contributed by atoms with van der Waals surface area (Å²) in [5.41, 5.74) is 3.00. The van der Waals surface area contributed by atoms with Crippen LogP contribution in [0.25, 0.3) is 11.6 Å². The lowest BCUT2D eigenvalue weighted by Gasteiger charge is -2.02. The molecule has 2 heterocycles. The average molecular weight is 252 g/mol. The van der Waals surface area contributed by atoms with Gasteiger partial charge in [0.05, 0.1) is 18.4 Å². The van der Waals surface area contributed by atoms with E-state index in [2.05, 4.69) is 10.3 Å². The molecule has 94 valence electrons. The molecule has 2 aromatic rings. The number of hydrogen-bond acceptors (Lipinski definition) is 3. The summed E-state index contributed by atoms with van der Waals surface area (Å²) in [5, 5.41) is 2.83. The Kier molecular flexibility index (Phi) is 2.76. The Bertz CT molecular complexity index is 663. The maximum Gasteiger partial charge on any atom is 0.256 e. The molecule has 1 N–H and O–H groups in total. The van der Waals surface area contributed by atoms with Crippen molar-refractivity contribution in [3.63, 3.8) is 0 Å². The SMILES string of the molecule is COc1ccc2c(c1)/C(=C/c1ccccn1)C(=O)N2. The maximum absolute atomic E-state index is 12.0. The third-order valence-corrected chi connectivity index (χ3v) is 2.99. The largest absolute Gasteiger partial charge is 0.497 e. The topological polar surface area (TPSA) is 51.2 Å². The standard InChI is InChI=1S/C15H12N2O2/c1-19-11-5-6-14-12(9-11)13(15(18)17-14)8-10-4-2-3-7-16-10/h2-9H,1H3,(H,17,18)/b13-8-. The number of hydrogen-bond donors (Lipinski definition) is 1. The quantitative estimate of drug-likeness (QED) is 0.836. The molecule has 0 saturated carbocycles. The number of carbonyl (C=O) groups is 1. The van der Waals surface area contributed by atoms with Crippen LogP contribution in [0.5, 0.6) is 5.75 Å². The van der Waals surface area contributed by atoms with E-state index in [1.54, 1.807) is 19.4 Å². The molecule has 0 bridgehead atoms. The molecule has 0 fully saturated rings. The zero-order valence-electron chi connectivity index (χ0n) is 10.4. The molecule has 0 unspecified atom stereocenters. The molecule has 19 heavy (non-hydrogen) atoms. The van der Waals surface area contributed by atoms with Gasteiger partial charge in [0.2, 0.25) is 0 Å². The molecular formula is C15H12N2O2. The molecule has 0 atom stereocenters. The van der Waals surface area contributed by atoms with Crippen molar-refractivity contribution in [2.45, 2.75) is 0 Å². The second kappa shape index (κ2) is 4.57. The van der Waals surface area contributed by atoms with Gasteiger partial charge in [-0.25, -0.2) is 0 Å². The molecule has 0 spiro atoms. The van der Waals surface area contributed by atoms with Gasteiger partial charge in [0, 0.05) is 17.4 Å². The van der Waals surface area contributed by atoms with E-state index < -0.39 is 0 Å². The summed E-state index contributed by atoms with van der Waals surface area (Å²) < 4.78 is 5.19. The smallest absolute Gasteiger partial charge is 0.256 e. The Morgan fingerprint density at radius 1 is 1.26 bits per heavy atom. The lowest BCUT2D eigenvalue weighted by molar-refractivity contribution is -0.110. The molecule has 1 aromatic carbocycles. The maximum atomic E-state index is 12.0. The Hall–Kier alpha value is -2.62. The molecule has 3 rings (SSSR count). The molecule has 1 aliphatic heterocycles. The van der Waals surface area contributed by atoms with Crippen LogP contribution in [0.4, 0.5) is 5.69 Å². The van der Waals surface area contributed by atoms with E-state index in [9.17, 15) is 4.79 Å². The number of methoxy groups -OCH3 is 1. The van der Waals surface area contributed by atoms with Crippen molar-refractivity contribution in [1.29, 1.82) is 0 Å². The van der Waals surface area contributed by atoms with Crippen LogP contribution in [-0.4, -0.2) is 18.0 Å². The Morgan fingerprint density at radius 3 is 2.89 bits per heavy atom. The minimum absolute atomic E-state index is 0.117. The number of fused-ring (bicyclic) bond motifs is 1. The second-order valence-corrected chi connectivity index (χ2v) is 4.18. The highest BCUT2D eigenvalue weighted by Crippen LogP contribution is 2.35. The summed E-state index contributed by atoms with van der Waals surface area (Å²) >= 11 is 0. The minimum atomic E-state index is -0.117. The number of anilines is 1. The van der Waals surface area contributed by atoms with Crippen molar-refractivity contribution in [2.24, 2.45) is 0 Å². The molecule has 0 radical (unpaired) electrons. The summed E-state index contributed by atoms with van der Waals surface area (Å²) in [6.45, 7) is 0. The van der Waals surface area contributed by atoms with Crippen LogP contribution in [0.3, 0.4) is 0 Å². The van der Waals surface area contributed by atoms with E-state index in [0.717, 1.165) is 22.7 Å². The predicted molar refractivity (Wildman–Crippen MR) is 73.7 cm³/mol. The van der Waals surface area contributed by atoms with Crippen LogP contribution in [0.2, 0.25) is 0 Å². The monoisotopic (exact) mass is 252 g/mol. The highest BCUT2D eigenvalue weighted by molar-refractivity contribution is 6.34. The van der Waals surface area contributed by atoms with Gasteiger partial charge in [-0.05, 0) is 36.4 Å². The third kappa shape index (κ3) is 2.08. The second-order valence-electron chi connectivity index (χ2n) is 4.18. The van der Waals surface area contributed by atoms with Gasteiger partial charge < -0.3 is 10.1 Å². The van der Waals surface area contributed by atoms with E-state index in [1.807, 2.05) is 36.4 Å². The van der Waals surface area contributed by atoms with E-state index in [-0.39, 0.29) is 5.91 Å².